The summed E-state index contributed by atoms with van der Waals surface area (Å²) in [6.07, 6.45) is 1.48. The maximum absolute atomic E-state index is 12.7. The Kier molecular flexibility index (Phi) is 8.84. The van der Waals surface area contributed by atoms with Crippen LogP contribution in [0.15, 0.2) is 60.2 Å². The summed E-state index contributed by atoms with van der Waals surface area (Å²) in [4.78, 5) is 12.7. The molecule has 8 heteroatoms. The lowest BCUT2D eigenvalue weighted by Crippen LogP contribution is -2.14. The van der Waals surface area contributed by atoms with E-state index < -0.39 is 5.91 Å². The van der Waals surface area contributed by atoms with Crippen molar-refractivity contribution >= 4 is 52.5 Å². The van der Waals surface area contributed by atoms with E-state index in [0.717, 1.165) is 11.1 Å². The predicted octanol–water partition coefficient (Wildman–Crippen LogP) is 7.48. The van der Waals surface area contributed by atoms with Gasteiger partial charge >= 0.3 is 0 Å². The van der Waals surface area contributed by atoms with E-state index in [1.165, 1.54) is 6.08 Å². The summed E-state index contributed by atoms with van der Waals surface area (Å²) >= 11 is 18.3. The highest BCUT2D eigenvalue weighted by Crippen LogP contribution is 2.31. The molecule has 0 saturated carbocycles. The molecule has 34 heavy (non-hydrogen) atoms. The fourth-order valence-corrected chi connectivity index (χ4v) is 3.68. The minimum atomic E-state index is -0.538. The van der Waals surface area contributed by atoms with Crippen molar-refractivity contribution in [2.45, 2.75) is 20.5 Å². The molecule has 174 valence electrons. The molecule has 0 atom stereocenters. The summed E-state index contributed by atoms with van der Waals surface area (Å²) in [5.41, 5.74) is 2.57. The molecule has 0 unspecified atom stereocenters. The Hall–Kier alpha value is -3.17. The highest BCUT2D eigenvalue weighted by molar-refractivity contribution is 6.35. The van der Waals surface area contributed by atoms with Crippen molar-refractivity contribution in [2.24, 2.45) is 0 Å². The molecule has 0 bridgehead atoms. The van der Waals surface area contributed by atoms with E-state index >= 15 is 0 Å². The van der Waals surface area contributed by atoms with E-state index in [2.05, 4.69) is 5.32 Å². The standard InChI is InChI=1S/C26H21Cl3N2O3/c1-3-33-25-12-17(7-10-24(25)34-15-18-8-9-20(27)13-22(18)29)11-19(14-30)26(32)31-23-6-4-5-21(28)16(23)2/h4-13H,3,15H2,1-2H3,(H,31,32)/b19-11-. The molecule has 3 aromatic rings. The van der Waals surface area contributed by atoms with Crippen LogP contribution in [0.3, 0.4) is 0 Å². The van der Waals surface area contributed by atoms with Crippen LogP contribution in [0, 0.1) is 18.3 Å². The van der Waals surface area contributed by atoms with E-state index in [9.17, 15) is 10.1 Å². The summed E-state index contributed by atoms with van der Waals surface area (Å²) in [6, 6.07) is 17.5. The molecule has 0 spiro atoms. The molecular weight excluding hydrogens is 495 g/mol. The number of nitrogens with zero attached hydrogens (tertiary/aromatic N) is 1. The Balaban J connectivity index is 1.81. The Labute approximate surface area is 213 Å². The maximum Gasteiger partial charge on any atom is 0.266 e. The van der Waals surface area contributed by atoms with Crippen molar-refractivity contribution in [2.75, 3.05) is 11.9 Å². The van der Waals surface area contributed by atoms with Crippen molar-refractivity contribution in [3.63, 3.8) is 0 Å². The molecule has 3 aromatic carbocycles. The highest BCUT2D eigenvalue weighted by Gasteiger charge is 2.14. The van der Waals surface area contributed by atoms with Crippen LogP contribution >= 0.6 is 34.8 Å². The first kappa shape index (κ1) is 25.5. The van der Waals surface area contributed by atoms with E-state index in [0.29, 0.717) is 44.4 Å². The van der Waals surface area contributed by atoms with Crippen LogP contribution in [0.5, 0.6) is 11.5 Å². The molecular formula is C26H21Cl3N2O3. The molecule has 1 amide bonds. The van der Waals surface area contributed by atoms with Gasteiger partial charge in [0.15, 0.2) is 11.5 Å². The van der Waals surface area contributed by atoms with Crippen molar-refractivity contribution in [1.82, 2.24) is 0 Å². The third-order valence-corrected chi connectivity index (χ3v) is 5.85. The largest absolute Gasteiger partial charge is 0.490 e. The predicted molar refractivity (Wildman–Crippen MR) is 137 cm³/mol. The first-order valence-corrected chi connectivity index (χ1v) is 11.5. The van der Waals surface area contributed by atoms with Gasteiger partial charge in [0.1, 0.15) is 18.2 Å². The second-order valence-electron chi connectivity index (χ2n) is 7.20. The summed E-state index contributed by atoms with van der Waals surface area (Å²) in [7, 11) is 0. The fourth-order valence-electron chi connectivity index (χ4n) is 3.04. The summed E-state index contributed by atoms with van der Waals surface area (Å²) in [6.45, 7) is 4.27. The number of anilines is 1. The number of carbonyl (C=O) groups is 1. The quantitative estimate of drug-likeness (QED) is 0.249. The maximum atomic E-state index is 12.7. The third-order valence-electron chi connectivity index (χ3n) is 4.86. The van der Waals surface area contributed by atoms with Crippen LogP contribution in [0.2, 0.25) is 15.1 Å². The molecule has 1 N–H and O–H groups in total. The van der Waals surface area contributed by atoms with Gasteiger partial charge in [0, 0.05) is 26.3 Å². The SMILES string of the molecule is CCOc1cc(/C=C(/C#N)C(=O)Nc2cccc(Cl)c2C)ccc1OCc1ccc(Cl)cc1Cl. The summed E-state index contributed by atoms with van der Waals surface area (Å²) in [5.74, 6) is 0.441. The number of benzene rings is 3. The molecule has 0 aliphatic heterocycles. The molecule has 0 fully saturated rings. The number of ether oxygens (including phenoxy) is 2. The first-order chi connectivity index (χ1) is 16.3. The van der Waals surface area contributed by atoms with Crippen LogP contribution in [0.25, 0.3) is 6.08 Å². The van der Waals surface area contributed by atoms with Crippen LogP contribution in [-0.2, 0) is 11.4 Å². The number of hydrogen-bond acceptors (Lipinski definition) is 4. The Bertz CT molecular complexity index is 1280. The number of carbonyl (C=O) groups excluding carboxylic acids is 1. The topological polar surface area (TPSA) is 71.3 Å². The first-order valence-electron chi connectivity index (χ1n) is 10.3. The lowest BCUT2D eigenvalue weighted by molar-refractivity contribution is -0.112. The van der Waals surface area contributed by atoms with Gasteiger partial charge in [-0.3, -0.25) is 4.79 Å². The average molecular weight is 516 g/mol. The van der Waals surface area contributed by atoms with Gasteiger partial charge in [0.05, 0.1) is 6.61 Å². The van der Waals surface area contributed by atoms with Gasteiger partial charge in [-0.1, -0.05) is 53.0 Å². The fraction of sp³-hybridized carbons (Fsp3) is 0.154. The van der Waals surface area contributed by atoms with E-state index in [1.807, 2.05) is 13.0 Å². The Morgan fingerprint density at radius 1 is 1.03 bits per heavy atom. The van der Waals surface area contributed by atoms with Crippen LogP contribution in [-0.4, -0.2) is 12.5 Å². The Morgan fingerprint density at radius 2 is 1.82 bits per heavy atom. The van der Waals surface area contributed by atoms with Gasteiger partial charge in [0.25, 0.3) is 5.91 Å². The lowest BCUT2D eigenvalue weighted by Gasteiger charge is -2.14. The zero-order chi connectivity index (χ0) is 24.7. The number of halogens is 3. The molecule has 0 aromatic heterocycles. The van der Waals surface area contributed by atoms with E-state index in [1.54, 1.807) is 61.5 Å². The third kappa shape index (κ3) is 6.45. The van der Waals surface area contributed by atoms with E-state index in [4.69, 9.17) is 44.3 Å². The summed E-state index contributed by atoms with van der Waals surface area (Å²) in [5, 5.41) is 13.9. The van der Waals surface area contributed by atoms with Crippen molar-refractivity contribution in [3.05, 3.63) is 91.9 Å². The monoisotopic (exact) mass is 514 g/mol. The van der Waals surface area contributed by atoms with Gasteiger partial charge in [-0.25, -0.2) is 0 Å². The zero-order valence-corrected chi connectivity index (χ0v) is 20.8. The molecule has 3 rings (SSSR count). The van der Waals surface area contributed by atoms with Crippen molar-refractivity contribution in [1.29, 1.82) is 5.26 Å². The zero-order valence-electron chi connectivity index (χ0n) is 18.5. The van der Waals surface area contributed by atoms with Crippen molar-refractivity contribution < 1.29 is 14.3 Å². The number of hydrogen-bond donors (Lipinski definition) is 1. The van der Waals surface area contributed by atoms with E-state index in [-0.39, 0.29) is 12.2 Å². The second kappa shape index (κ2) is 11.8. The van der Waals surface area contributed by atoms with Crippen LogP contribution < -0.4 is 14.8 Å². The molecule has 0 radical (unpaired) electrons. The number of nitriles is 1. The second-order valence-corrected chi connectivity index (χ2v) is 8.45. The molecule has 0 aliphatic rings. The lowest BCUT2D eigenvalue weighted by atomic mass is 10.1. The van der Waals surface area contributed by atoms with Gasteiger partial charge in [-0.2, -0.15) is 5.26 Å². The highest BCUT2D eigenvalue weighted by atomic mass is 35.5. The Morgan fingerprint density at radius 3 is 2.53 bits per heavy atom. The van der Waals surface area contributed by atoms with Crippen molar-refractivity contribution in [3.8, 4) is 17.6 Å². The van der Waals surface area contributed by atoms with Gasteiger partial charge in [-0.05, 0) is 67.4 Å². The van der Waals surface area contributed by atoms with Crippen LogP contribution in [0.1, 0.15) is 23.6 Å². The summed E-state index contributed by atoms with van der Waals surface area (Å²) < 4.78 is 11.6. The number of rotatable bonds is 8. The average Bonchev–Trinajstić information content (AvgIpc) is 2.81. The molecule has 0 saturated heterocycles. The molecule has 0 aliphatic carbocycles. The van der Waals surface area contributed by atoms with Crippen LogP contribution in [0.4, 0.5) is 5.69 Å². The number of nitrogens with one attached hydrogen (secondary N) is 1. The van der Waals surface area contributed by atoms with Gasteiger partial charge in [0.2, 0.25) is 0 Å². The normalized spacial score (nSPS) is 11.0. The van der Waals surface area contributed by atoms with Gasteiger partial charge < -0.3 is 14.8 Å². The smallest absolute Gasteiger partial charge is 0.266 e. The minimum Gasteiger partial charge on any atom is -0.490 e. The number of amides is 1. The van der Waals surface area contributed by atoms with Gasteiger partial charge in [-0.15, -0.1) is 0 Å². The minimum absolute atomic E-state index is 0.0663. The molecule has 0 heterocycles. The molecule has 5 nitrogen and oxygen atoms in total.